The van der Waals surface area contributed by atoms with Crippen LogP contribution >= 0.6 is 0 Å². The number of aryl methyl sites for hydroxylation is 2. The Hall–Kier alpha value is -1.32. The lowest BCUT2D eigenvalue weighted by Crippen LogP contribution is -2.40. The van der Waals surface area contributed by atoms with E-state index in [1.807, 2.05) is 24.7 Å². The summed E-state index contributed by atoms with van der Waals surface area (Å²) in [5, 5.41) is 7.56. The molecular formula is C16H25N3O. The first-order valence-electron chi connectivity index (χ1n) is 7.93. The maximum absolute atomic E-state index is 12.4. The molecule has 0 radical (unpaired) electrons. The van der Waals surface area contributed by atoms with Gasteiger partial charge < -0.3 is 5.32 Å². The van der Waals surface area contributed by atoms with Crippen molar-refractivity contribution in [2.24, 2.45) is 17.8 Å². The number of nitrogens with zero attached hydrogens (tertiary/aromatic N) is 2. The number of hydrogen-bond donors (Lipinski definition) is 1. The fourth-order valence-corrected chi connectivity index (χ4v) is 4.20. The predicted molar refractivity (Wildman–Crippen MR) is 78.5 cm³/mol. The molecule has 20 heavy (non-hydrogen) atoms. The second-order valence-electron chi connectivity index (χ2n) is 6.58. The van der Waals surface area contributed by atoms with Gasteiger partial charge in [-0.2, -0.15) is 5.10 Å². The molecule has 110 valence electrons. The Bertz CT molecular complexity index is 508. The van der Waals surface area contributed by atoms with Crippen LogP contribution in [0.4, 0.5) is 0 Å². The minimum absolute atomic E-state index is 0.0393. The Balaban J connectivity index is 1.64. The molecule has 0 aromatic carbocycles. The van der Waals surface area contributed by atoms with Crippen LogP contribution in [0.3, 0.4) is 0 Å². The summed E-state index contributed by atoms with van der Waals surface area (Å²) >= 11 is 0. The van der Waals surface area contributed by atoms with E-state index < -0.39 is 0 Å². The molecule has 0 saturated heterocycles. The van der Waals surface area contributed by atoms with Crippen molar-refractivity contribution in [1.29, 1.82) is 0 Å². The largest absolute Gasteiger partial charge is 0.349 e. The fraction of sp³-hybridized carbons (Fsp3) is 0.750. The molecule has 3 rings (SSSR count). The lowest BCUT2D eigenvalue weighted by atomic mass is 9.84. The zero-order chi connectivity index (χ0) is 14.3. The van der Waals surface area contributed by atoms with E-state index in [1.54, 1.807) is 0 Å². The van der Waals surface area contributed by atoms with Gasteiger partial charge in [-0.15, -0.1) is 0 Å². The van der Waals surface area contributed by atoms with Crippen molar-refractivity contribution >= 4 is 5.91 Å². The molecule has 2 aliphatic rings. The maximum Gasteiger partial charge on any atom is 0.254 e. The SMILES string of the molecule is CCn1cc(C(=O)N[C@@H](C)[C@H]2C[C@@H]3CC[C@@H]2C3)c(C)n1. The van der Waals surface area contributed by atoms with Gasteiger partial charge in [0.2, 0.25) is 0 Å². The van der Waals surface area contributed by atoms with Crippen molar-refractivity contribution in [3.05, 3.63) is 17.5 Å². The molecule has 2 saturated carbocycles. The molecule has 4 atom stereocenters. The van der Waals surface area contributed by atoms with Crippen LogP contribution < -0.4 is 5.32 Å². The normalized spacial score (nSPS) is 29.6. The van der Waals surface area contributed by atoms with Gasteiger partial charge in [-0.05, 0) is 57.8 Å². The van der Waals surface area contributed by atoms with E-state index in [0.717, 1.165) is 29.6 Å². The molecule has 1 N–H and O–H groups in total. The lowest BCUT2D eigenvalue weighted by molar-refractivity contribution is 0.0914. The van der Waals surface area contributed by atoms with Crippen LogP contribution in [0.5, 0.6) is 0 Å². The van der Waals surface area contributed by atoms with Gasteiger partial charge in [0, 0.05) is 18.8 Å². The lowest BCUT2D eigenvalue weighted by Gasteiger charge is -2.28. The smallest absolute Gasteiger partial charge is 0.254 e. The van der Waals surface area contributed by atoms with Crippen molar-refractivity contribution in [3.8, 4) is 0 Å². The molecule has 4 nitrogen and oxygen atoms in total. The molecule has 4 heteroatoms. The molecule has 2 fully saturated rings. The van der Waals surface area contributed by atoms with Crippen molar-refractivity contribution in [2.45, 2.75) is 59.0 Å². The molecule has 0 spiro atoms. The minimum Gasteiger partial charge on any atom is -0.349 e. The maximum atomic E-state index is 12.4. The average molecular weight is 275 g/mol. The molecule has 0 aliphatic heterocycles. The number of hydrogen-bond acceptors (Lipinski definition) is 2. The number of amides is 1. The van der Waals surface area contributed by atoms with Crippen LogP contribution in [0.1, 0.15) is 55.6 Å². The van der Waals surface area contributed by atoms with E-state index in [-0.39, 0.29) is 11.9 Å². The van der Waals surface area contributed by atoms with Gasteiger partial charge in [0.15, 0.2) is 0 Å². The second-order valence-corrected chi connectivity index (χ2v) is 6.58. The predicted octanol–water partition coefficient (Wildman–Crippen LogP) is 2.77. The van der Waals surface area contributed by atoms with E-state index in [1.165, 1.54) is 25.7 Å². The van der Waals surface area contributed by atoms with E-state index in [0.29, 0.717) is 5.92 Å². The Kier molecular flexibility index (Phi) is 3.57. The summed E-state index contributed by atoms with van der Waals surface area (Å²) in [7, 11) is 0. The highest BCUT2D eigenvalue weighted by molar-refractivity contribution is 5.95. The standard InChI is InChI=1S/C16H25N3O/c1-4-19-9-15(11(3)18-19)16(20)17-10(2)14-8-12-5-6-13(14)7-12/h9-10,12-14H,4-8H2,1-3H3,(H,17,20)/t10-,12+,13+,14+/m0/s1. The molecule has 2 aliphatic carbocycles. The van der Waals surface area contributed by atoms with Crippen LogP contribution in [-0.2, 0) is 6.54 Å². The summed E-state index contributed by atoms with van der Waals surface area (Å²) in [5.41, 5.74) is 1.55. The Morgan fingerprint density at radius 3 is 2.85 bits per heavy atom. The molecule has 2 bridgehead atoms. The van der Waals surface area contributed by atoms with Gasteiger partial charge in [0.05, 0.1) is 11.3 Å². The van der Waals surface area contributed by atoms with Gasteiger partial charge in [0.25, 0.3) is 5.91 Å². The van der Waals surface area contributed by atoms with E-state index in [2.05, 4.69) is 17.3 Å². The summed E-state index contributed by atoms with van der Waals surface area (Å²) in [5.74, 6) is 2.49. The zero-order valence-corrected chi connectivity index (χ0v) is 12.7. The van der Waals surface area contributed by atoms with Crippen molar-refractivity contribution < 1.29 is 4.79 Å². The van der Waals surface area contributed by atoms with E-state index in [4.69, 9.17) is 0 Å². The number of fused-ring (bicyclic) bond motifs is 2. The van der Waals surface area contributed by atoms with Crippen LogP contribution in [0, 0.1) is 24.7 Å². The zero-order valence-electron chi connectivity index (χ0n) is 12.7. The Morgan fingerprint density at radius 2 is 2.30 bits per heavy atom. The van der Waals surface area contributed by atoms with Crippen LogP contribution in [0.25, 0.3) is 0 Å². The Morgan fingerprint density at radius 1 is 1.50 bits per heavy atom. The van der Waals surface area contributed by atoms with Gasteiger partial charge in [-0.3, -0.25) is 9.48 Å². The third-order valence-electron chi connectivity index (χ3n) is 5.31. The summed E-state index contributed by atoms with van der Waals surface area (Å²) < 4.78 is 1.83. The van der Waals surface area contributed by atoms with Gasteiger partial charge in [-0.1, -0.05) is 6.42 Å². The first-order valence-corrected chi connectivity index (χ1v) is 7.93. The molecular weight excluding hydrogens is 250 g/mol. The van der Waals surface area contributed by atoms with Gasteiger partial charge in [-0.25, -0.2) is 0 Å². The average Bonchev–Trinajstić information content (AvgIpc) is 3.12. The summed E-state index contributed by atoms with van der Waals surface area (Å²) in [6.45, 7) is 6.91. The summed E-state index contributed by atoms with van der Waals surface area (Å²) in [6, 6.07) is 0.280. The van der Waals surface area contributed by atoms with E-state index in [9.17, 15) is 4.79 Å². The number of carbonyl (C=O) groups is 1. The highest BCUT2D eigenvalue weighted by Gasteiger charge is 2.42. The number of aromatic nitrogens is 2. The molecule has 0 unspecified atom stereocenters. The highest BCUT2D eigenvalue weighted by atomic mass is 16.1. The van der Waals surface area contributed by atoms with E-state index >= 15 is 0 Å². The molecule has 1 aromatic heterocycles. The topological polar surface area (TPSA) is 46.9 Å². The summed E-state index contributed by atoms with van der Waals surface area (Å²) in [6.07, 6.45) is 7.32. The van der Waals surface area contributed by atoms with Crippen molar-refractivity contribution in [3.63, 3.8) is 0 Å². The van der Waals surface area contributed by atoms with Crippen LogP contribution in [0.15, 0.2) is 6.20 Å². The van der Waals surface area contributed by atoms with Crippen molar-refractivity contribution in [2.75, 3.05) is 0 Å². The van der Waals surface area contributed by atoms with Gasteiger partial charge >= 0.3 is 0 Å². The fourth-order valence-electron chi connectivity index (χ4n) is 4.20. The first-order chi connectivity index (χ1) is 9.58. The second kappa shape index (κ2) is 5.23. The number of rotatable bonds is 4. The van der Waals surface area contributed by atoms with Gasteiger partial charge in [0.1, 0.15) is 0 Å². The van der Waals surface area contributed by atoms with Crippen molar-refractivity contribution in [1.82, 2.24) is 15.1 Å². The molecule has 1 aromatic rings. The highest BCUT2D eigenvalue weighted by Crippen LogP contribution is 2.49. The number of nitrogens with one attached hydrogen (secondary N) is 1. The number of carbonyl (C=O) groups excluding carboxylic acids is 1. The molecule has 1 amide bonds. The van der Waals surface area contributed by atoms with Crippen LogP contribution in [0.2, 0.25) is 0 Å². The summed E-state index contributed by atoms with van der Waals surface area (Å²) in [4.78, 5) is 12.4. The van der Waals surface area contributed by atoms with Crippen LogP contribution in [-0.4, -0.2) is 21.7 Å². The third-order valence-corrected chi connectivity index (χ3v) is 5.31. The monoisotopic (exact) mass is 275 g/mol. The first kappa shape index (κ1) is 13.7. The third kappa shape index (κ3) is 2.36. The molecule has 1 heterocycles. The quantitative estimate of drug-likeness (QED) is 0.918. The Labute approximate surface area is 120 Å². The minimum atomic E-state index is 0.0393.